The van der Waals surface area contributed by atoms with Crippen molar-refractivity contribution >= 4 is 5.96 Å². The summed E-state index contributed by atoms with van der Waals surface area (Å²) in [6.45, 7) is 3.00. The van der Waals surface area contributed by atoms with Crippen LogP contribution in [0.3, 0.4) is 0 Å². The Hall–Kier alpha value is -2.94. The summed E-state index contributed by atoms with van der Waals surface area (Å²) in [5.74, 6) is 1.40. The van der Waals surface area contributed by atoms with Crippen molar-refractivity contribution in [1.82, 2.24) is 10.6 Å². The van der Waals surface area contributed by atoms with Crippen LogP contribution in [0.15, 0.2) is 53.5 Å². The minimum atomic E-state index is -4.45. The van der Waals surface area contributed by atoms with E-state index in [9.17, 15) is 18.3 Å². The Labute approximate surface area is 179 Å². The first-order chi connectivity index (χ1) is 14.9. The van der Waals surface area contributed by atoms with Gasteiger partial charge in [-0.15, -0.1) is 0 Å². The van der Waals surface area contributed by atoms with Crippen LogP contribution in [0.4, 0.5) is 13.2 Å². The molecule has 0 radical (unpaired) electrons. The zero-order valence-electron chi connectivity index (χ0n) is 17.2. The van der Waals surface area contributed by atoms with E-state index >= 15 is 0 Å². The lowest BCUT2D eigenvalue weighted by atomic mass is 10.0. The number of benzene rings is 2. The van der Waals surface area contributed by atoms with E-state index in [2.05, 4.69) is 15.6 Å². The van der Waals surface area contributed by atoms with E-state index < -0.39 is 17.8 Å². The number of para-hydroxylation sites is 1. The minimum absolute atomic E-state index is 0.0150. The van der Waals surface area contributed by atoms with E-state index in [4.69, 9.17) is 9.47 Å². The smallest absolute Gasteiger partial charge is 0.416 e. The predicted octanol–water partition coefficient (Wildman–Crippen LogP) is 3.52. The van der Waals surface area contributed by atoms with Crippen LogP contribution in [0.2, 0.25) is 0 Å². The van der Waals surface area contributed by atoms with Crippen LogP contribution in [0.1, 0.15) is 30.5 Å². The molecule has 0 saturated carbocycles. The maximum absolute atomic E-state index is 12.8. The molecule has 0 spiro atoms. The van der Waals surface area contributed by atoms with Gasteiger partial charge in [-0.3, -0.25) is 4.99 Å². The molecule has 0 saturated heterocycles. The summed E-state index contributed by atoms with van der Waals surface area (Å²) < 4.78 is 49.4. The van der Waals surface area contributed by atoms with Gasteiger partial charge in [0.2, 0.25) is 0 Å². The second kappa shape index (κ2) is 10.4. The van der Waals surface area contributed by atoms with Gasteiger partial charge < -0.3 is 25.2 Å². The van der Waals surface area contributed by atoms with Crippen molar-refractivity contribution in [2.75, 3.05) is 26.3 Å². The molecule has 6 nitrogen and oxygen atoms in total. The fourth-order valence-corrected chi connectivity index (χ4v) is 3.18. The molecule has 3 rings (SSSR count). The van der Waals surface area contributed by atoms with Crippen molar-refractivity contribution in [3.05, 3.63) is 59.7 Å². The zero-order valence-corrected chi connectivity index (χ0v) is 17.2. The quantitative estimate of drug-likeness (QED) is 0.457. The van der Waals surface area contributed by atoms with E-state index in [0.29, 0.717) is 19.1 Å². The first-order valence-electron chi connectivity index (χ1n) is 10.1. The number of nitrogens with zero attached hydrogens (tertiary/aromatic N) is 1. The van der Waals surface area contributed by atoms with Crippen LogP contribution >= 0.6 is 0 Å². The third kappa shape index (κ3) is 6.52. The number of rotatable bonds is 7. The average molecular weight is 437 g/mol. The van der Waals surface area contributed by atoms with E-state index in [0.717, 1.165) is 29.9 Å². The van der Waals surface area contributed by atoms with Crippen molar-refractivity contribution in [2.45, 2.75) is 31.7 Å². The second-order valence-electron chi connectivity index (χ2n) is 7.08. The van der Waals surface area contributed by atoms with Gasteiger partial charge in [0.05, 0.1) is 24.8 Å². The maximum Gasteiger partial charge on any atom is 0.416 e. The van der Waals surface area contributed by atoms with Crippen LogP contribution in [-0.4, -0.2) is 43.5 Å². The molecule has 0 aromatic heterocycles. The summed E-state index contributed by atoms with van der Waals surface area (Å²) in [5, 5.41) is 16.7. The third-order valence-electron chi connectivity index (χ3n) is 4.68. The van der Waals surface area contributed by atoms with Gasteiger partial charge >= 0.3 is 6.18 Å². The number of nitrogens with one attached hydrogen (secondary N) is 2. The Morgan fingerprint density at radius 2 is 2.06 bits per heavy atom. The van der Waals surface area contributed by atoms with Gasteiger partial charge in [0.15, 0.2) is 5.96 Å². The molecule has 0 aliphatic carbocycles. The molecular weight excluding hydrogens is 411 g/mol. The first-order valence-corrected chi connectivity index (χ1v) is 10.1. The summed E-state index contributed by atoms with van der Waals surface area (Å²) in [6.07, 6.45) is -4.66. The highest BCUT2D eigenvalue weighted by Gasteiger charge is 2.30. The predicted molar refractivity (Wildman–Crippen MR) is 111 cm³/mol. The van der Waals surface area contributed by atoms with Crippen molar-refractivity contribution in [3.8, 4) is 11.5 Å². The van der Waals surface area contributed by atoms with Crippen LogP contribution in [0.25, 0.3) is 0 Å². The largest absolute Gasteiger partial charge is 0.493 e. The van der Waals surface area contributed by atoms with Crippen LogP contribution in [-0.2, 0) is 6.18 Å². The standard InChI is InChI=1S/C22H26F3N3O3/c1-2-26-21(28-19-10-11-30-20-9-4-3-8-18(19)20)27-13-16(29)14-31-17-7-5-6-15(12-17)22(23,24)25/h3-9,12,16,19,29H,2,10-11,13-14H2,1H3,(H2,26,27,28). The van der Waals surface area contributed by atoms with Crippen LogP contribution in [0.5, 0.6) is 11.5 Å². The summed E-state index contributed by atoms with van der Waals surface area (Å²) in [5.41, 5.74) is 0.237. The number of fused-ring (bicyclic) bond motifs is 1. The number of ether oxygens (including phenoxy) is 2. The van der Waals surface area contributed by atoms with E-state index in [-0.39, 0.29) is 24.9 Å². The SMILES string of the molecule is CCNC(=NCC(O)COc1cccc(C(F)(F)F)c1)NC1CCOc2ccccc21. The van der Waals surface area contributed by atoms with Crippen molar-refractivity contribution in [3.63, 3.8) is 0 Å². The van der Waals surface area contributed by atoms with Crippen molar-refractivity contribution < 1.29 is 27.8 Å². The Bertz CT molecular complexity index is 890. The fraction of sp³-hybridized carbons (Fsp3) is 0.409. The highest BCUT2D eigenvalue weighted by molar-refractivity contribution is 5.80. The molecular formula is C22H26F3N3O3. The van der Waals surface area contributed by atoms with E-state index in [1.54, 1.807) is 0 Å². The Morgan fingerprint density at radius 3 is 2.84 bits per heavy atom. The first kappa shape index (κ1) is 22.7. The van der Waals surface area contributed by atoms with Crippen molar-refractivity contribution in [1.29, 1.82) is 0 Å². The van der Waals surface area contributed by atoms with Crippen LogP contribution in [0, 0.1) is 0 Å². The average Bonchev–Trinajstić information content (AvgIpc) is 2.76. The molecule has 31 heavy (non-hydrogen) atoms. The second-order valence-corrected chi connectivity index (χ2v) is 7.08. The van der Waals surface area contributed by atoms with Gasteiger partial charge in [0, 0.05) is 18.5 Å². The van der Waals surface area contributed by atoms with Gasteiger partial charge in [-0.1, -0.05) is 24.3 Å². The number of halogens is 3. The molecule has 168 valence electrons. The van der Waals surface area contributed by atoms with E-state index in [1.165, 1.54) is 12.1 Å². The molecule has 2 aromatic rings. The zero-order chi connectivity index (χ0) is 22.3. The lowest BCUT2D eigenvalue weighted by Gasteiger charge is -2.28. The molecule has 2 aromatic carbocycles. The lowest BCUT2D eigenvalue weighted by molar-refractivity contribution is -0.137. The molecule has 0 fully saturated rings. The molecule has 2 atom stereocenters. The fourth-order valence-electron chi connectivity index (χ4n) is 3.18. The van der Waals surface area contributed by atoms with Crippen LogP contribution < -0.4 is 20.1 Å². The maximum atomic E-state index is 12.8. The minimum Gasteiger partial charge on any atom is -0.493 e. The van der Waals surface area contributed by atoms with Gasteiger partial charge in [-0.2, -0.15) is 13.2 Å². The molecule has 9 heteroatoms. The number of hydrogen-bond acceptors (Lipinski definition) is 4. The topological polar surface area (TPSA) is 75.1 Å². The van der Waals surface area contributed by atoms with Crippen molar-refractivity contribution in [2.24, 2.45) is 4.99 Å². The monoisotopic (exact) mass is 437 g/mol. The summed E-state index contributed by atoms with van der Waals surface area (Å²) in [4.78, 5) is 4.39. The van der Waals surface area contributed by atoms with Gasteiger partial charge in [-0.05, 0) is 31.2 Å². The number of guanidine groups is 1. The third-order valence-corrected chi connectivity index (χ3v) is 4.68. The molecule has 3 N–H and O–H groups in total. The highest BCUT2D eigenvalue weighted by Crippen LogP contribution is 2.32. The summed E-state index contributed by atoms with van der Waals surface area (Å²) in [6, 6.07) is 12.3. The van der Waals surface area contributed by atoms with Gasteiger partial charge in [-0.25, -0.2) is 0 Å². The Morgan fingerprint density at radius 1 is 1.26 bits per heavy atom. The normalized spacial score (nSPS) is 17.3. The number of aliphatic hydroxyl groups is 1. The molecule has 1 aliphatic rings. The summed E-state index contributed by atoms with van der Waals surface area (Å²) in [7, 11) is 0. The number of aliphatic hydroxyl groups excluding tert-OH is 1. The molecule has 1 heterocycles. The Balaban J connectivity index is 1.57. The summed E-state index contributed by atoms with van der Waals surface area (Å²) >= 11 is 0. The highest BCUT2D eigenvalue weighted by atomic mass is 19.4. The number of aliphatic imine (C=N–C) groups is 1. The molecule has 2 unspecified atom stereocenters. The molecule has 0 amide bonds. The molecule has 0 bridgehead atoms. The van der Waals surface area contributed by atoms with Gasteiger partial charge in [0.1, 0.15) is 24.2 Å². The van der Waals surface area contributed by atoms with E-state index in [1.807, 2.05) is 31.2 Å². The number of alkyl halides is 3. The van der Waals surface area contributed by atoms with Gasteiger partial charge in [0.25, 0.3) is 0 Å². The lowest BCUT2D eigenvalue weighted by Crippen LogP contribution is -2.41. The molecule has 1 aliphatic heterocycles. The Kier molecular flexibility index (Phi) is 7.62. The number of hydrogen-bond donors (Lipinski definition) is 3.